The lowest BCUT2D eigenvalue weighted by Gasteiger charge is -1.99. The first-order chi connectivity index (χ1) is 13.2. The number of aliphatic imine (C=N–C) groups is 1. The second-order valence-electron chi connectivity index (χ2n) is 5.77. The van der Waals surface area contributed by atoms with Crippen molar-refractivity contribution in [1.29, 1.82) is 0 Å². The van der Waals surface area contributed by atoms with E-state index in [9.17, 15) is 4.39 Å². The zero-order valence-electron chi connectivity index (χ0n) is 14.6. The summed E-state index contributed by atoms with van der Waals surface area (Å²) in [5.41, 5.74) is 4.53. The molecule has 0 heterocycles. The average molecular weight is 367 g/mol. The maximum Gasteiger partial charge on any atom is 0.150 e. The normalized spacial score (nSPS) is 9.26. The Morgan fingerprint density at radius 3 is 2.15 bits per heavy atom. The molecule has 3 aromatic carbocycles. The lowest BCUT2D eigenvalue weighted by atomic mass is 10.0. The Kier molecular flexibility index (Phi) is 5.93. The molecule has 0 bridgehead atoms. The minimum absolute atomic E-state index is 0.160. The van der Waals surface area contributed by atoms with Gasteiger partial charge in [-0.2, -0.15) is 4.99 Å². The van der Waals surface area contributed by atoms with Crippen molar-refractivity contribution in [3.05, 3.63) is 100 Å². The summed E-state index contributed by atoms with van der Waals surface area (Å²) in [7, 11) is 0. The van der Waals surface area contributed by atoms with Crippen LogP contribution in [0.15, 0.2) is 71.7 Å². The Bertz CT molecular complexity index is 1150. The van der Waals surface area contributed by atoms with E-state index in [1.54, 1.807) is 6.07 Å². The monoisotopic (exact) mass is 367 g/mol. The zero-order chi connectivity index (χ0) is 19.1. The molecule has 0 aliphatic carbocycles. The van der Waals surface area contributed by atoms with Crippen LogP contribution in [0.3, 0.4) is 0 Å². The largest absolute Gasteiger partial charge is 0.205 e. The standard InChI is InChI=1S/C24H14FNS/c1-18-15-20(8-7-19-5-3-2-4-6-19)9-12-22(18)13-10-21-11-14-24(26-17-27)23(25)16-21/h2-6,9,11-12,14-16H,1H3. The van der Waals surface area contributed by atoms with Gasteiger partial charge in [-0.3, -0.25) is 0 Å². The number of nitrogens with zero attached hydrogens (tertiary/aromatic N) is 1. The topological polar surface area (TPSA) is 12.4 Å². The summed E-state index contributed by atoms with van der Waals surface area (Å²) in [4.78, 5) is 3.66. The summed E-state index contributed by atoms with van der Waals surface area (Å²) >= 11 is 4.49. The summed E-state index contributed by atoms with van der Waals surface area (Å²) in [6, 6.07) is 20.3. The fourth-order valence-corrected chi connectivity index (χ4v) is 2.51. The molecular formula is C24H14FNS. The van der Waals surface area contributed by atoms with Gasteiger partial charge >= 0.3 is 0 Å². The highest BCUT2D eigenvalue weighted by molar-refractivity contribution is 7.78. The molecule has 3 aromatic rings. The lowest BCUT2D eigenvalue weighted by molar-refractivity contribution is 0.629. The van der Waals surface area contributed by atoms with Crippen molar-refractivity contribution in [2.45, 2.75) is 6.92 Å². The van der Waals surface area contributed by atoms with Crippen LogP contribution in [0.2, 0.25) is 0 Å². The molecule has 3 heteroatoms. The highest BCUT2D eigenvalue weighted by atomic mass is 32.1. The van der Waals surface area contributed by atoms with Crippen LogP contribution in [0, 0.1) is 36.4 Å². The highest BCUT2D eigenvalue weighted by Crippen LogP contribution is 2.18. The van der Waals surface area contributed by atoms with E-state index in [0.717, 1.165) is 22.3 Å². The quantitative estimate of drug-likeness (QED) is 0.307. The van der Waals surface area contributed by atoms with Crippen molar-refractivity contribution in [2.75, 3.05) is 0 Å². The van der Waals surface area contributed by atoms with E-state index in [4.69, 9.17) is 0 Å². The smallest absolute Gasteiger partial charge is 0.150 e. The van der Waals surface area contributed by atoms with Crippen molar-refractivity contribution in [2.24, 2.45) is 4.99 Å². The molecule has 0 unspecified atom stereocenters. The Balaban J connectivity index is 1.82. The lowest BCUT2D eigenvalue weighted by Crippen LogP contribution is -1.85. The molecule has 0 saturated heterocycles. The summed E-state index contributed by atoms with van der Waals surface area (Å²) in [5, 5.41) is 2.16. The molecule has 0 spiro atoms. The van der Waals surface area contributed by atoms with Crippen molar-refractivity contribution < 1.29 is 4.39 Å². The Hall–Kier alpha value is -3.49. The van der Waals surface area contributed by atoms with Gasteiger partial charge in [-0.25, -0.2) is 4.39 Å². The van der Waals surface area contributed by atoms with E-state index in [0.29, 0.717) is 5.56 Å². The third kappa shape index (κ3) is 5.00. The maximum absolute atomic E-state index is 13.9. The van der Waals surface area contributed by atoms with Crippen LogP contribution >= 0.6 is 12.2 Å². The number of aryl methyl sites for hydroxylation is 1. The maximum atomic E-state index is 13.9. The molecule has 0 aromatic heterocycles. The Morgan fingerprint density at radius 2 is 1.44 bits per heavy atom. The SMILES string of the molecule is Cc1cc(C#Cc2ccccc2)ccc1C#Cc1ccc(N=C=S)c(F)c1. The molecule has 27 heavy (non-hydrogen) atoms. The van der Waals surface area contributed by atoms with Crippen LogP contribution in [-0.2, 0) is 0 Å². The molecule has 0 aliphatic heterocycles. The molecule has 0 amide bonds. The van der Waals surface area contributed by atoms with Gasteiger partial charge in [-0.15, -0.1) is 0 Å². The first-order valence-corrected chi connectivity index (χ1v) is 8.64. The van der Waals surface area contributed by atoms with Gasteiger partial charge in [0.15, 0.2) is 5.82 Å². The van der Waals surface area contributed by atoms with Gasteiger partial charge in [0.1, 0.15) is 5.69 Å². The number of halogens is 1. The van der Waals surface area contributed by atoms with Crippen molar-refractivity contribution in [3.63, 3.8) is 0 Å². The minimum atomic E-state index is -0.470. The van der Waals surface area contributed by atoms with Crippen LogP contribution in [0.25, 0.3) is 0 Å². The van der Waals surface area contributed by atoms with E-state index in [-0.39, 0.29) is 5.69 Å². The van der Waals surface area contributed by atoms with Crippen LogP contribution in [0.4, 0.5) is 10.1 Å². The van der Waals surface area contributed by atoms with E-state index < -0.39 is 5.82 Å². The summed E-state index contributed by atoms with van der Waals surface area (Å²) in [6.07, 6.45) is 0. The Labute approximate surface area is 163 Å². The fourth-order valence-electron chi connectivity index (χ4n) is 2.41. The summed E-state index contributed by atoms with van der Waals surface area (Å²) in [6.45, 7) is 1.98. The van der Waals surface area contributed by atoms with Gasteiger partial charge in [-0.05, 0) is 73.2 Å². The number of rotatable bonds is 1. The number of isothiocyanates is 1. The van der Waals surface area contributed by atoms with Crippen LogP contribution in [-0.4, -0.2) is 5.16 Å². The summed E-state index contributed by atoms with van der Waals surface area (Å²) < 4.78 is 13.9. The molecule has 0 N–H and O–H groups in total. The number of benzene rings is 3. The van der Waals surface area contributed by atoms with Crippen molar-refractivity contribution in [3.8, 4) is 23.7 Å². The van der Waals surface area contributed by atoms with Gasteiger partial charge in [0, 0.05) is 22.3 Å². The van der Waals surface area contributed by atoms with Crippen molar-refractivity contribution >= 4 is 23.1 Å². The molecular weight excluding hydrogens is 353 g/mol. The second kappa shape index (κ2) is 8.75. The summed E-state index contributed by atoms with van der Waals surface area (Å²) in [5.74, 6) is 11.9. The van der Waals surface area contributed by atoms with E-state index in [1.165, 1.54) is 12.1 Å². The minimum Gasteiger partial charge on any atom is -0.205 e. The van der Waals surface area contributed by atoms with Crippen LogP contribution < -0.4 is 0 Å². The average Bonchev–Trinajstić information content (AvgIpc) is 2.68. The zero-order valence-corrected chi connectivity index (χ0v) is 15.4. The van der Waals surface area contributed by atoms with Crippen LogP contribution in [0.5, 0.6) is 0 Å². The van der Waals surface area contributed by atoms with Gasteiger partial charge in [-0.1, -0.05) is 41.9 Å². The van der Waals surface area contributed by atoms with Gasteiger partial charge in [0.05, 0.1) is 5.16 Å². The van der Waals surface area contributed by atoms with E-state index in [1.807, 2.05) is 55.5 Å². The Morgan fingerprint density at radius 1 is 0.778 bits per heavy atom. The molecule has 128 valence electrons. The molecule has 0 atom stereocenters. The highest BCUT2D eigenvalue weighted by Gasteiger charge is 2.01. The molecule has 0 fully saturated rings. The van der Waals surface area contributed by atoms with Crippen molar-refractivity contribution in [1.82, 2.24) is 0 Å². The molecule has 3 rings (SSSR count). The van der Waals surface area contributed by atoms with Gasteiger partial charge in [0.25, 0.3) is 0 Å². The molecule has 0 radical (unpaired) electrons. The van der Waals surface area contributed by atoms with Gasteiger partial charge < -0.3 is 0 Å². The predicted octanol–water partition coefficient (Wildman–Crippen LogP) is 5.67. The van der Waals surface area contributed by atoms with E-state index >= 15 is 0 Å². The van der Waals surface area contributed by atoms with Gasteiger partial charge in [0.2, 0.25) is 0 Å². The predicted molar refractivity (Wildman–Crippen MR) is 111 cm³/mol. The third-order valence-corrected chi connectivity index (χ3v) is 3.90. The fraction of sp³-hybridized carbons (Fsp3) is 0.0417. The first kappa shape index (κ1) is 18.3. The first-order valence-electron chi connectivity index (χ1n) is 8.23. The number of hydrogen-bond donors (Lipinski definition) is 0. The number of thiocarbonyl (C=S) groups is 1. The van der Waals surface area contributed by atoms with E-state index in [2.05, 4.69) is 46.1 Å². The molecule has 0 aliphatic rings. The van der Waals surface area contributed by atoms with Crippen LogP contribution in [0.1, 0.15) is 27.8 Å². The molecule has 0 saturated carbocycles. The number of hydrogen-bond acceptors (Lipinski definition) is 2. The molecule has 1 nitrogen and oxygen atoms in total. The second-order valence-corrected chi connectivity index (χ2v) is 5.95. The third-order valence-electron chi connectivity index (χ3n) is 3.81.